The Labute approximate surface area is 119 Å². The molecule has 3 nitrogen and oxygen atoms in total. The van der Waals surface area contributed by atoms with Crippen LogP contribution in [-0.2, 0) is 9.59 Å². The van der Waals surface area contributed by atoms with Crippen molar-refractivity contribution < 1.29 is 9.59 Å². The van der Waals surface area contributed by atoms with Crippen LogP contribution in [0.25, 0.3) is 0 Å². The SMILES string of the molecule is Cc1ccc(N2C(=O)[C@@H]3[C@@H]4CC[C@@H](C4)[C@@H]3C2=O)c(C)c1. The number of benzene rings is 1. The number of rotatable bonds is 1. The van der Waals surface area contributed by atoms with Gasteiger partial charge in [0.15, 0.2) is 0 Å². The molecule has 1 heterocycles. The van der Waals surface area contributed by atoms with E-state index >= 15 is 0 Å². The molecule has 2 saturated carbocycles. The van der Waals surface area contributed by atoms with Crippen molar-refractivity contribution in [1.82, 2.24) is 0 Å². The molecule has 4 rings (SSSR count). The van der Waals surface area contributed by atoms with E-state index in [2.05, 4.69) is 0 Å². The molecule has 1 saturated heterocycles. The predicted octanol–water partition coefficient (Wildman–Crippen LogP) is 2.84. The maximum absolute atomic E-state index is 12.7. The van der Waals surface area contributed by atoms with Crippen LogP contribution in [0.4, 0.5) is 5.69 Å². The first-order chi connectivity index (χ1) is 9.58. The first kappa shape index (κ1) is 12.1. The van der Waals surface area contributed by atoms with Crippen LogP contribution in [0.3, 0.4) is 0 Å². The minimum absolute atomic E-state index is 0.0260. The van der Waals surface area contributed by atoms with Gasteiger partial charge in [0.2, 0.25) is 11.8 Å². The van der Waals surface area contributed by atoms with Gasteiger partial charge in [-0.3, -0.25) is 9.59 Å². The quantitative estimate of drug-likeness (QED) is 0.735. The maximum Gasteiger partial charge on any atom is 0.237 e. The third kappa shape index (κ3) is 1.41. The molecular formula is C17H19NO2. The van der Waals surface area contributed by atoms with E-state index in [0.717, 1.165) is 36.1 Å². The number of anilines is 1. The number of imide groups is 1. The van der Waals surface area contributed by atoms with E-state index in [1.807, 2.05) is 32.0 Å². The van der Waals surface area contributed by atoms with E-state index in [9.17, 15) is 9.59 Å². The van der Waals surface area contributed by atoms with Crippen molar-refractivity contribution in [3.63, 3.8) is 0 Å². The molecule has 0 spiro atoms. The van der Waals surface area contributed by atoms with Gasteiger partial charge in [0.25, 0.3) is 0 Å². The standard InChI is InChI=1S/C17H19NO2/c1-9-3-6-13(10(2)7-9)18-16(19)14-11-4-5-12(8-11)15(14)17(18)20/h3,6-7,11-12,14-15H,4-5,8H2,1-2H3/t11-,12+,14-,15+. The second-order valence-electron chi connectivity index (χ2n) is 6.69. The lowest BCUT2D eigenvalue weighted by atomic mass is 9.81. The summed E-state index contributed by atoms with van der Waals surface area (Å²) in [4.78, 5) is 26.9. The molecule has 0 radical (unpaired) electrons. The summed E-state index contributed by atoms with van der Waals surface area (Å²) in [7, 11) is 0. The number of hydrogen-bond acceptors (Lipinski definition) is 2. The molecule has 2 aliphatic carbocycles. The Morgan fingerprint density at radius 3 is 2.15 bits per heavy atom. The molecule has 0 N–H and O–H groups in total. The van der Waals surface area contributed by atoms with Crippen LogP contribution >= 0.6 is 0 Å². The number of fused-ring (bicyclic) bond motifs is 5. The van der Waals surface area contributed by atoms with E-state index in [0.29, 0.717) is 11.8 Å². The lowest BCUT2D eigenvalue weighted by molar-refractivity contribution is -0.123. The Balaban J connectivity index is 1.77. The van der Waals surface area contributed by atoms with Crippen molar-refractivity contribution in [3.8, 4) is 0 Å². The van der Waals surface area contributed by atoms with Crippen molar-refractivity contribution in [1.29, 1.82) is 0 Å². The van der Waals surface area contributed by atoms with Crippen LogP contribution in [0.2, 0.25) is 0 Å². The van der Waals surface area contributed by atoms with Gasteiger partial charge in [-0.05, 0) is 56.6 Å². The monoisotopic (exact) mass is 269 g/mol. The zero-order valence-electron chi connectivity index (χ0n) is 11.9. The predicted molar refractivity (Wildman–Crippen MR) is 76.2 cm³/mol. The number of nitrogens with zero attached hydrogens (tertiary/aromatic N) is 1. The van der Waals surface area contributed by atoms with Gasteiger partial charge < -0.3 is 0 Å². The van der Waals surface area contributed by atoms with Crippen molar-refractivity contribution in [2.24, 2.45) is 23.7 Å². The smallest absolute Gasteiger partial charge is 0.237 e. The molecule has 1 aliphatic heterocycles. The van der Waals surface area contributed by atoms with Gasteiger partial charge in [0.1, 0.15) is 0 Å². The first-order valence-electron chi connectivity index (χ1n) is 7.53. The fraction of sp³-hybridized carbons (Fsp3) is 0.529. The summed E-state index contributed by atoms with van der Waals surface area (Å²) in [5.74, 6) is 0.969. The van der Waals surface area contributed by atoms with Crippen LogP contribution in [0.1, 0.15) is 30.4 Å². The molecule has 2 amide bonds. The highest BCUT2D eigenvalue weighted by Gasteiger charge is 2.61. The van der Waals surface area contributed by atoms with E-state index in [-0.39, 0.29) is 23.7 Å². The van der Waals surface area contributed by atoms with Crippen LogP contribution in [-0.4, -0.2) is 11.8 Å². The van der Waals surface area contributed by atoms with Crippen molar-refractivity contribution in [2.75, 3.05) is 4.90 Å². The summed E-state index contributed by atoms with van der Waals surface area (Å²) in [5.41, 5.74) is 2.96. The van der Waals surface area contributed by atoms with Crippen LogP contribution in [0.5, 0.6) is 0 Å². The summed E-state index contributed by atoms with van der Waals surface area (Å²) in [6, 6.07) is 5.94. The van der Waals surface area contributed by atoms with Crippen LogP contribution in [0, 0.1) is 37.5 Å². The molecule has 0 aromatic heterocycles. The number of carbonyl (C=O) groups is 2. The maximum atomic E-state index is 12.7. The molecule has 20 heavy (non-hydrogen) atoms. The van der Waals surface area contributed by atoms with E-state index in [1.165, 1.54) is 4.90 Å². The lowest BCUT2D eigenvalue weighted by Gasteiger charge is -2.19. The van der Waals surface area contributed by atoms with Crippen LogP contribution < -0.4 is 4.90 Å². The molecule has 0 unspecified atom stereocenters. The number of aryl methyl sites for hydroxylation is 2. The normalized spacial score (nSPS) is 35.0. The molecule has 1 aromatic rings. The second-order valence-corrected chi connectivity index (χ2v) is 6.69. The van der Waals surface area contributed by atoms with Gasteiger partial charge >= 0.3 is 0 Å². The summed E-state index contributed by atoms with van der Waals surface area (Å²) < 4.78 is 0. The minimum Gasteiger partial charge on any atom is -0.274 e. The van der Waals surface area contributed by atoms with Gasteiger partial charge in [0, 0.05) is 0 Å². The molecule has 4 atom stereocenters. The van der Waals surface area contributed by atoms with E-state index in [4.69, 9.17) is 0 Å². The Bertz CT molecular complexity index is 593. The van der Waals surface area contributed by atoms with Gasteiger partial charge in [-0.1, -0.05) is 17.7 Å². The van der Waals surface area contributed by atoms with Crippen molar-refractivity contribution in [2.45, 2.75) is 33.1 Å². The third-order valence-electron chi connectivity index (χ3n) is 5.52. The zero-order chi connectivity index (χ0) is 14.0. The number of amides is 2. The lowest BCUT2D eigenvalue weighted by Crippen LogP contribution is -2.33. The molecule has 3 fully saturated rings. The highest BCUT2D eigenvalue weighted by Crippen LogP contribution is 2.56. The Morgan fingerprint density at radius 1 is 1.00 bits per heavy atom. The fourth-order valence-corrected chi connectivity index (χ4v) is 4.70. The van der Waals surface area contributed by atoms with Crippen molar-refractivity contribution in [3.05, 3.63) is 29.3 Å². The van der Waals surface area contributed by atoms with Gasteiger partial charge in [-0.2, -0.15) is 0 Å². The highest BCUT2D eigenvalue weighted by molar-refractivity contribution is 6.22. The summed E-state index contributed by atoms with van der Waals surface area (Å²) in [6.07, 6.45) is 3.35. The molecule has 3 aliphatic rings. The summed E-state index contributed by atoms with van der Waals surface area (Å²) in [6.45, 7) is 4.00. The molecule has 104 valence electrons. The van der Waals surface area contributed by atoms with Crippen LogP contribution in [0.15, 0.2) is 18.2 Å². The largest absolute Gasteiger partial charge is 0.274 e. The minimum atomic E-state index is -0.0260. The van der Waals surface area contributed by atoms with E-state index in [1.54, 1.807) is 0 Å². The molecular weight excluding hydrogens is 250 g/mol. The van der Waals surface area contributed by atoms with Gasteiger partial charge in [-0.15, -0.1) is 0 Å². The molecule has 1 aromatic carbocycles. The summed E-state index contributed by atoms with van der Waals surface area (Å²) in [5, 5.41) is 0. The zero-order valence-corrected chi connectivity index (χ0v) is 11.9. The Hall–Kier alpha value is -1.64. The van der Waals surface area contributed by atoms with Gasteiger partial charge in [-0.25, -0.2) is 4.90 Å². The first-order valence-corrected chi connectivity index (χ1v) is 7.53. The fourth-order valence-electron chi connectivity index (χ4n) is 4.70. The number of carbonyl (C=O) groups excluding carboxylic acids is 2. The van der Waals surface area contributed by atoms with Gasteiger partial charge in [0.05, 0.1) is 17.5 Å². The average Bonchev–Trinajstić information content (AvgIpc) is 3.06. The average molecular weight is 269 g/mol. The Kier molecular flexibility index (Phi) is 2.39. The second kappa shape index (κ2) is 3.94. The highest BCUT2D eigenvalue weighted by atomic mass is 16.2. The summed E-state index contributed by atoms with van der Waals surface area (Å²) >= 11 is 0. The molecule has 3 heteroatoms. The van der Waals surface area contributed by atoms with Crippen molar-refractivity contribution >= 4 is 17.5 Å². The molecule has 2 bridgehead atoms. The topological polar surface area (TPSA) is 37.4 Å². The number of hydrogen-bond donors (Lipinski definition) is 0. The Morgan fingerprint density at radius 2 is 1.60 bits per heavy atom. The van der Waals surface area contributed by atoms with E-state index < -0.39 is 0 Å². The third-order valence-corrected chi connectivity index (χ3v) is 5.52.